The van der Waals surface area contributed by atoms with E-state index in [9.17, 15) is 14.5 Å². The second-order valence-electron chi connectivity index (χ2n) is 5.41. The van der Waals surface area contributed by atoms with Crippen molar-refractivity contribution in [1.29, 1.82) is 0 Å². The zero-order valence-corrected chi connectivity index (χ0v) is 13.7. The molecule has 0 aliphatic rings. The smallest absolute Gasteiger partial charge is 0.266 e. The third-order valence-corrected chi connectivity index (χ3v) is 3.25. The molecule has 0 aliphatic carbocycles. The molecule has 1 atom stereocenters. The molecule has 0 aliphatic heterocycles. The lowest BCUT2D eigenvalue weighted by Gasteiger charge is -2.13. The SMILES string of the molecule is CC(/C=C/C(=O)NN=O)=C\C(C)C(=O)c1ccc(N(C)C)cc1. The minimum atomic E-state index is -0.606. The van der Waals surface area contributed by atoms with E-state index in [1.54, 1.807) is 37.5 Å². The second-order valence-corrected chi connectivity index (χ2v) is 5.41. The van der Waals surface area contributed by atoms with Crippen molar-refractivity contribution in [2.24, 2.45) is 11.2 Å². The van der Waals surface area contributed by atoms with Crippen molar-refractivity contribution >= 4 is 17.4 Å². The maximum absolute atomic E-state index is 12.4. The molecule has 6 nitrogen and oxygen atoms in total. The molecule has 0 radical (unpaired) electrons. The van der Waals surface area contributed by atoms with Crippen molar-refractivity contribution in [1.82, 2.24) is 5.43 Å². The summed E-state index contributed by atoms with van der Waals surface area (Å²) < 4.78 is 0. The van der Waals surface area contributed by atoms with Gasteiger partial charge < -0.3 is 4.90 Å². The Kier molecular flexibility index (Phi) is 6.86. The quantitative estimate of drug-likeness (QED) is 0.276. The van der Waals surface area contributed by atoms with E-state index in [1.807, 2.05) is 31.1 Å². The molecule has 0 spiro atoms. The standard InChI is InChI=1S/C17H21N3O3/c1-12(5-10-16(21)18-19-23)11-13(2)17(22)14-6-8-15(9-7-14)20(3)4/h5-11,13H,1-4H3,(H,18,21,23)/b10-5+,12-11+. The van der Waals surface area contributed by atoms with Crippen LogP contribution in [0.1, 0.15) is 24.2 Å². The Morgan fingerprint density at radius 1 is 1.17 bits per heavy atom. The monoisotopic (exact) mass is 315 g/mol. The van der Waals surface area contributed by atoms with Gasteiger partial charge in [-0.25, -0.2) is 5.43 Å². The number of ketones is 1. The topological polar surface area (TPSA) is 78.8 Å². The van der Waals surface area contributed by atoms with E-state index < -0.39 is 5.91 Å². The van der Waals surface area contributed by atoms with E-state index >= 15 is 0 Å². The lowest BCUT2D eigenvalue weighted by atomic mass is 9.97. The molecule has 0 aromatic heterocycles. The van der Waals surface area contributed by atoms with Crippen LogP contribution in [0, 0.1) is 10.8 Å². The summed E-state index contributed by atoms with van der Waals surface area (Å²) in [6.07, 6.45) is 4.48. The van der Waals surface area contributed by atoms with Gasteiger partial charge in [0.15, 0.2) is 5.78 Å². The third-order valence-electron chi connectivity index (χ3n) is 3.25. The van der Waals surface area contributed by atoms with E-state index in [-0.39, 0.29) is 11.7 Å². The largest absolute Gasteiger partial charge is 0.378 e. The first kappa shape index (κ1) is 18.3. The zero-order chi connectivity index (χ0) is 17.4. The third kappa shape index (κ3) is 5.86. The number of rotatable bonds is 7. The highest BCUT2D eigenvalue weighted by Gasteiger charge is 2.13. The van der Waals surface area contributed by atoms with E-state index in [4.69, 9.17) is 0 Å². The Bertz CT molecular complexity index is 631. The molecule has 1 amide bonds. The van der Waals surface area contributed by atoms with E-state index in [1.165, 1.54) is 12.2 Å². The number of allylic oxidation sites excluding steroid dienone is 3. The molecule has 1 unspecified atom stereocenters. The summed E-state index contributed by atoms with van der Waals surface area (Å²) >= 11 is 0. The van der Waals surface area contributed by atoms with Gasteiger partial charge in [-0.2, -0.15) is 0 Å². The van der Waals surface area contributed by atoms with Crippen LogP contribution < -0.4 is 10.3 Å². The van der Waals surface area contributed by atoms with Crippen LogP contribution in [-0.4, -0.2) is 25.8 Å². The minimum absolute atomic E-state index is 0.00191. The minimum Gasteiger partial charge on any atom is -0.378 e. The number of nitroso groups, excluding NO2 is 1. The van der Waals surface area contributed by atoms with Gasteiger partial charge in [-0.05, 0) is 31.2 Å². The Labute approximate surface area is 135 Å². The Morgan fingerprint density at radius 2 is 1.78 bits per heavy atom. The molecule has 0 bridgehead atoms. The molecular weight excluding hydrogens is 294 g/mol. The maximum atomic E-state index is 12.4. The first-order chi connectivity index (χ1) is 10.8. The van der Waals surface area contributed by atoms with Gasteiger partial charge in [0.25, 0.3) is 5.91 Å². The summed E-state index contributed by atoms with van der Waals surface area (Å²) in [6, 6.07) is 7.40. The summed E-state index contributed by atoms with van der Waals surface area (Å²) in [5.74, 6) is -0.926. The molecule has 1 rings (SSSR count). The molecule has 0 saturated carbocycles. The number of Topliss-reactive ketones (excluding diaryl/α,β-unsaturated/α-hetero) is 1. The van der Waals surface area contributed by atoms with Crippen molar-refractivity contribution in [2.75, 3.05) is 19.0 Å². The molecule has 0 saturated heterocycles. The summed E-state index contributed by atoms with van der Waals surface area (Å²) in [4.78, 5) is 35.3. The highest BCUT2D eigenvalue weighted by molar-refractivity contribution is 5.99. The van der Waals surface area contributed by atoms with Crippen LogP contribution >= 0.6 is 0 Å². The molecular formula is C17H21N3O3. The highest BCUT2D eigenvalue weighted by atomic mass is 16.3. The number of hydrogen-bond acceptors (Lipinski definition) is 5. The fourth-order valence-electron chi connectivity index (χ4n) is 2.00. The fraction of sp³-hybridized carbons (Fsp3) is 0.294. The highest BCUT2D eigenvalue weighted by Crippen LogP contribution is 2.17. The second kappa shape index (κ2) is 8.63. The maximum Gasteiger partial charge on any atom is 0.266 e. The predicted molar refractivity (Wildman–Crippen MR) is 91.1 cm³/mol. The van der Waals surface area contributed by atoms with Crippen molar-refractivity contribution < 1.29 is 9.59 Å². The van der Waals surface area contributed by atoms with Crippen LogP contribution in [0.4, 0.5) is 5.69 Å². The van der Waals surface area contributed by atoms with Crippen LogP contribution in [0.5, 0.6) is 0 Å². The summed E-state index contributed by atoms with van der Waals surface area (Å²) in [5, 5.41) is 2.28. The van der Waals surface area contributed by atoms with Gasteiger partial charge in [-0.3, -0.25) is 9.59 Å². The van der Waals surface area contributed by atoms with Gasteiger partial charge in [0, 0.05) is 37.3 Å². The molecule has 0 heterocycles. The zero-order valence-electron chi connectivity index (χ0n) is 13.7. The van der Waals surface area contributed by atoms with Crippen molar-refractivity contribution in [3.8, 4) is 0 Å². The van der Waals surface area contributed by atoms with Crippen LogP contribution in [0.3, 0.4) is 0 Å². The normalized spacial score (nSPS) is 12.8. The van der Waals surface area contributed by atoms with Gasteiger partial charge in [-0.1, -0.05) is 24.6 Å². The van der Waals surface area contributed by atoms with Crippen LogP contribution in [0.15, 0.2) is 53.4 Å². The van der Waals surface area contributed by atoms with Crippen molar-refractivity contribution in [2.45, 2.75) is 13.8 Å². The lowest BCUT2D eigenvalue weighted by molar-refractivity contribution is -0.116. The van der Waals surface area contributed by atoms with E-state index in [0.717, 1.165) is 11.3 Å². The first-order valence-corrected chi connectivity index (χ1v) is 7.15. The van der Waals surface area contributed by atoms with Gasteiger partial charge in [-0.15, -0.1) is 4.91 Å². The van der Waals surface area contributed by atoms with Gasteiger partial charge in [0.05, 0.1) is 5.29 Å². The number of carbonyl (C=O) groups is 2. The summed E-state index contributed by atoms with van der Waals surface area (Å²) in [5.41, 5.74) is 4.17. The number of amides is 1. The van der Waals surface area contributed by atoms with Gasteiger partial charge >= 0.3 is 0 Å². The van der Waals surface area contributed by atoms with Crippen LogP contribution in [0.25, 0.3) is 0 Å². The lowest BCUT2D eigenvalue weighted by Crippen LogP contribution is -2.13. The Morgan fingerprint density at radius 3 is 2.30 bits per heavy atom. The molecule has 1 aromatic carbocycles. The fourth-order valence-corrected chi connectivity index (χ4v) is 2.00. The van der Waals surface area contributed by atoms with Crippen LogP contribution in [-0.2, 0) is 4.79 Å². The summed E-state index contributed by atoms with van der Waals surface area (Å²) in [7, 11) is 3.88. The van der Waals surface area contributed by atoms with Gasteiger partial charge in [0.2, 0.25) is 0 Å². The number of nitrogens with one attached hydrogen (secondary N) is 1. The van der Waals surface area contributed by atoms with E-state index in [2.05, 4.69) is 5.29 Å². The number of anilines is 1. The molecule has 1 aromatic rings. The summed E-state index contributed by atoms with van der Waals surface area (Å²) in [6.45, 7) is 3.57. The molecule has 6 heteroatoms. The molecule has 122 valence electrons. The Hall–Kier alpha value is -2.76. The number of benzene rings is 1. The average Bonchev–Trinajstić information content (AvgIpc) is 2.52. The average molecular weight is 315 g/mol. The molecule has 23 heavy (non-hydrogen) atoms. The van der Waals surface area contributed by atoms with E-state index in [0.29, 0.717) is 5.56 Å². The Balaban J connectivity index is 2.77. The number of nitrogens with zero attached hydrogens (tertiary/aromatic N) is 2. The molecule has 1 N–H and O–H groups in total. The van der Waals surface area contributed by atoms with Crippen molar-refractivity contribution in [3.05, 3.63) is 58.5 Å². The molecule has 0 fully saturated rings. The number of hydrogen-bond donors (Lipinski definition) is 1. The van der Waals surface area contributed by atoms with Crippen molar-refractivity contribution in [3.63, 3.8) is 0 Å². The predicted octanol–water partition coefficient (Wildman–Crippen LogP) is 2.87. The number of carbonyl (C=O) groups excluding carboxylic acids is 2. The van der Waals surface area contributed by atoms with Gasteiger partial charge in [0.1, 0.15) is 0 Å². The first-order valence-electron chi connectivity index (χ1n) is 7.15. The van der Waals surface area contributed by atoms with Crippen LogP contribution in [0.2, 0.25) is 0 Å².